The summed E-state index contributed by atoms with van der Waals surface area (Å²) in [5.74, 6) is -2.10. The van der Waals surface area contributed by atoms with Gasteiger partial charge in [0.25, 0.3) is 0 Å². The number of carbonyl (C=O) groups excluding carboxylic acids is 1. The summed E-state index contributed by atoms with van der Waals surface area (Å²) in [7, 11) is 0. The maximum Gasteiger partial charge on any atom is 0.326 e. The van der Waals surface area contributed by atoms with Crippen molar-refractivity contribution >= 4 is 40.9 Å². The van der Waals surface area contributed by atoms with Crippen LogP contribution in [0.5, 0.6) is 0 Å². The highest BCUT2D eigenvalue weighted by atomic mass is 35.5. The molecule has 20 heavy (non-hydrogen) atoms. The Labute approximate surface area is 123 Å². The van der Waals surface area contributed by atoms with Crippen LogP contribution in [0.3, 0.4) is 0 Å². The van der Waals surface area contributed by atoms with Gasteiger partial charge in [0.15, 0.2) is 5.82 Å². The van der Waals surface area contributed by atoms with Gasteiger partial charge in [-0.2, -0.15) is 0 Å². The van der Waals surface area contributed by atoms with Crippen LogP contribution in [0.15, 0.2) is 12.1 Å². The van der Waals surface area contributed by atoms with Crippen molar-refractivity contribution in [2.45, 2.75) is 12.5 Å². The molecular weight excluding hydrogens is 314 g/mol. The minimum absolute atomic E-state index is 0.104. The number of hydrogen-bond acceptors (Lipinski definition) is 3. The number of carboxylic acid groups (broad SMARTS) is 1. The Morgan fingerprint density at radius 2 is 1.85 bits per heavy atom. The molecule has 0 saturated heterocycles. The number of carboxylic acids is 1. The lowest BCUT2D eigenvalue weighted by molar-refractivity contribution is -0.139. The van der Waals surface area contributed by atoms with Crippen LogP contribution in [-0.4, -0.2) is 34.9 Å². The lowest BCUT2D eigenvalue weighted by Gasteiger charge is -2.14. The molecule has 1 aromatic carbocycles. The largest absolute Gasteiger partial charge is 0.480 e. The van der Waals surface area contributed by atoms with E-state index in [1.165, 1.54) is 0 Å². The highest BCUT2D eigenvalue weighted by Crippen LogP contribution is 2.27. The third kappa shape index (κ3) is 4.52. The second-order valence-electron chi connectivity index (χ2n) is 3.76. The number of halogens is 3. The van der Waals surface area contributed by atoms with Gasteiger partial charge in [-0.05, 0) is 12.1 Å². The van der Waals surface area contributed by atoms with Crippen LogP contribution in [0.4, 0.5) is 14.9 Å². The van der Waals surface area contributed by atoms with E-state index in [2.05, 4.69) is 10.6 Å². The Bertz CT molecular complexity index is 504. The Kier molecular flexibility index (Phi) is 6.00. The maximum atomic E-state index is 13.2. The van der Waals surface area contributed by atoms with Crippen molar-refractivity contribution < 1.29 is 24.2 Å². The average molecular weight is 325 g/mol. The van der Waals surface area contributed by atoms with Crippen LogP contribution in [0, 0.1) is 5.82 Å². The molecule has 0 bridgehead atoms. The van der Waals surface area contributed by atoms with Crippen molar-refractivity contribution in [3.8, 4) is 0 Å². The van der Waals surface area contributed by atoms with Gasteiger partial charge in [0.05, 0.1) is 10.0 Å². The van der Waals surface area contributed by atoms with Gasteiger partial charge in [-0.3, -0.25) is 0 Å². The summed E-state index contributed by atoms with van der Waals surface area (Å²) in [6, 6.07) is 0.171. The second-order valence-corrected chi connectivity index (χ2v) is 4.57. The maximum absolute atomic E-state index is 13.2. The molecule has 0 saturated carbocycles. The fraction of sp³-hybridized carbons (Fsp3) is 0.273. The van der Waals surface area contributed by atoms with Crippen molar-refractivity contribution in [2.75, 3.05) is 11.9 Å². The SMILES string of the molecule is O=C(Nc1cc(Cl)c(F)c(Cl)c1)N[C@H](CCO)C(=O)O. The fourth-order valence-corrected chi connectivity index (χ4v) is 1.83. The second kappa shape index (κ2) is 7.28. The molecule has 110 valence electrons. The van der Waals surface area contributed by atoms with Crippen LogP contribution in [0.1, 0.15) is 6.42 Å². The number of nitrogens with one attached hydrogen (secondary N) is 2. The van der Waals surface area contributed by atoms with E-state index in [0.717, 1.165) is 12.1 Å². The number of hydrogen-bond donors (Lipinski definition) is 4. The van der Waals surface area contributed by atoms with E-state index in [4.69, 9.17) is 33.4 Å². The smallest absolute Gasteiger partial charge is 0.326 e. The quantitative estimate of drug-likeness (QED) is 0.623. The number of rotatable bonds is 5. The fourth-order valence-electron chi connectivity index (χ4n) is 1.34. The lowest BCUT2D eigenvalue weighted by atomic mass is 10.2. The Morgan fingerprint density at radius 1 is 1.30 bits per heavy atom. The Balaban J connectivity index is 2.73. The first kappa shape index (κ1) is 16.5. The van der Waals surface area contributed by atoms with Gasteiger partial charge >= 0.3 is 12.0 Å². The van der Waals surface area contributed by atoms with Crippen LogP contribution >= 0.6 is 23.2 Å². The molecule has 0 aromatic heterocycles. The predicted molar refractivity (Wildman–Crippen MR) is 71.7 cm³/mol. The number of aliphatic hydroxyl groups is 1. The molecular formula is C11H11Cl2FN2O4. The van der Waals surface area contributed by atoms with E-state index in [0.29, 0.717) is 0 Å². The van der Waals surface area contributed by atoms with Crippen molar-refractivity contribution in [3.05, 3.63) is 28.0 Å². The molecule has 0 aliphatic rings. The number of benzene rings is 1. The van der Waals surface area contributed by atoms with E-state index in [1.807, 2.05) is 0 Å². The van der Waals surface area contributed by atoms with Crippen LogP contribution in [0.25, 0.3) is 0 Å². The van der Waals surface area contributed by atoms with Crippen molar-refractivity contribution in [2.24, 2.45) is 0 Å². The molecule has 0 heterocycles. The number of carbonyl (C=O) groups is 2. The monoisotopic (exact) mass is 324 g/mol. The third-order valence-electron chi connectivity index (χ3n) is 2.26. The highest BCUT2D eigenvalue weighted by molar-refractivity contribution is 6.35. The minimum atomic E-state index is -1.29. The number of urea groups is 1. The van der Waals surface area contributed by atoms with Crippen molar-refractivity contribution in [1.29, 1.82) is 0 Å². The zero-order chi connectivity index (χ0) is 15.3. The summed E-state index contributed by atoms with van der Waals surface area (Å²) in [6.45, 7) is -0.397. The predicted octanol–water partition coefficient (Wildman–Crippen LogP) is 2.09. The number of aliphatic carboxylic acids is 1. The molecule has 0 aliphatic heterocycles. The van der Waals surface area contributed by atoms with Gasteiger partial charge in [-0.15, -0.1) is 0 Å². The minimum Gasteiger partial charge on any atom is -0.480 e. The van der Waals surface area contributed by atoms with Gasteiger partial charge < -0.3 is 20.8 Å². The molecule has 0 unspecified atom stereocenters. The van der Waals surface area contributed by atoms with Crippen LogP contribution in [0.2, 0.25) is 10.0 Å². The Hall–Kier alpha value is -1.57. The molecule has 9 heteroatoms. The number of aliphatic hydroxyl groups excluding tert-OH is 1. The first-order valence-electron chi connectivity index (χ1n) is 5.41. The number of anilines is 1. The molecule has 2 amide bonds. The highest BCUT2D eigenvalue weighted by Gasteiger charge is 2.19. The first-order chi connectivity index (χ1) is 9.35. The standard InChI is InChI=1S/C11H11Cl2FN2O4/c12-6-3-5(4-7(13)9(6)14)15-11(20)16-8(1-2-17)10(18)19/h3-4,8,17H,1-2H2,(H,18,19)(H2,15,16,20)/t8-/m1/s1. The molecule has 0 radical (unpaired) electrons. The van der Waals surface area contributed by atoms with E-state index in [1.54, 1.807) is 0 Å². The van der Waals surface area contributed by atoms with Gasteiger partial charge in [0, 0.05) is 18.7 Å². The molecule has 0 aliphatic carbocycles. The van der Waals surface area contributed by atoms with E-state index < -0.39 is 30.5 Å². The molecule has 1 aromatic rings. The van der Waals surface area contributed by atoms with Crippen LogP contribution in [-0.2, 0) is 4.79 Å². The first-order valence-corrected chi connectivity index (χ1v) is 6.16. The summed E-state index contributed by atoms with van der Waals surface area (Å²) < 4.78 is 13.2. The topological polar surface area (TPSA) is 98.7 Å². The van der Waals surface area contributed by atoms with Gasteiger partial charge in [0.1, 0.15) is 6.04 Å². The van der Waals surface area contributed by atoms with Gasteiger partial charge in [0.2, 0.25) is 0 Å². The molecule has 1 rings (SSSR count). The average Bonchev–Trinajstić information content (AvgIpc) is 2.35. The summed E-state index contributed by atoms with van der Waals surface area (Å²) in [5, 5.41) is 21.3. The van der Waals surface area contributed by atoms with Crippen LogP contribution < -0.4 is 10.6 Å². The summed E-state index contributed by atoms with van der Waals surface area (Å²) >= 11 is 11.1. The molecule has 4 N–H and O–H groups in total. The van der Waals surface area contributed by atoms with E-state index in [9.17, 15) is 14.0 Å². The van der Waals surface area contributed by atoms with Gasteiger partial charge in [-0.25, -0.2) is 14.0 Å². The normalized spacial score (nSPS) is 11.8. The summed E-state index contributed by atoms with van der Waals surface area (Å²) in [5.41, 5.74) is 0.104. The zero-order valence-electron chi connectivity index (χ0n) is 9.99. The summed E-state index contributed by atoms with van der Waals surface area (Å²) in [6.07, 6.45) is -0.145. The van der Waals surface area contributed by atoms with E-state index in [-0.39, 0.29) is 22.2 Å². The third-order valence-corrected chi connectivity index (χ3v) is 2.81. The molecule has 6 nitrogen and oxygen atoms in total. The van der Waals surface area contributed by atoms with Gasteiger partial charge in [-0.1, -0.05) is 23.2 Å². The molecule has 1 atom stereocenters. The zero-order valence-corrected chi connectivity index (χ0v) is 11.5. The lowest BCUT2D eigenvalue weighted by Crippen LogP contribution is -2.43. The van der Waals surface area contributed by atoms with Crippen molar-refractivity contribution in [1.82, 2.24) is 5.32 Å². The summed E-state index contributed by atoms with van der Waals surface area (Å²) in [4.78, 5) is 22.3. The Morgan fingerprint density at radius 3 is 2.30 bits per heavy atom. The van der Waals surface area contributed by atoms with Crippen molar-refractivity contribution in [3.63, 3.8) is 0 Å². The number of amides is 2. The van der Waals surface area contributed by atoms with E-state index >= 15 is 0 Å². The molecule has 0 spiro atoms. The molecule has 0 fully saturated rings.